The Morgan fingerprint density at radius 2 is 2.31 bits per heavy atom. The van der Waals surface area contributed by atoms with Gasteiger partial charge in [-0.05, 0) is 19.0 Å². The Morgan fingerprint density at radius 1 is 1.56 bits per heavy atom. The van der Waals surface area contributed by atoms with E-state index in [1.165, 1.54) is 13.2 Å². The van der Waals surface area contributed by atoms with Gasteiger partial charge in [-0.15, -0.1) is 0 Å². The molecule has 6 heteroatoms. The summed E-state index contributed by atoms with van der Waals surface area (Å²) in [5.41, 5.74) is 5.84. The van der Waals surface area contributed by atoms with E-state index in [1.54, 1.807) is 12.1 Å². The van der Waals surface area contributed by atoms with Gasteiger partial charge in [-0.3, -0.25) is 10.1 Å². The predicted octanol–water partition coefficient (Wildman–Crippen LogP) is 1.36. The number of hydrogen-bond acceptors (Lipinski definition) is 5. The monoisotopic (exact) mass is 225 g/mol. The Kier molecular flexibility index (Phi) is 4.53. The van der Waals surface area contributed by atoms with E-state index in [9.17, 15) is 10.1 Å². The van der Waals surface area contributed by atoms with E-state index in [1.807, 2.05) is 0 Å². The summed E-state index contributed by atoms with van der Waals surface area (Å²) in [6, 6.07) is 4.59. The summed E-state index contributed by atoms with van der Waals surface area (Å²) in [6.07, 6.45) is 0.758. The van der Waals surface area contributed by atoms with Gasteiger partial charge in [0.2, 0.25) is 0 Å². The maximum atomic E-state index is 10.8. The quantitative estimate of drug-likeness (QED) is 0.433. The molecule has 0 unspecified atom stereocenters. The number of nitro benzene ring substituents is 1. The molecule has 88 valence electrons. The molecule has 0 aliphatic heterocycles. The fraction of sp³-hybridized carbons (Fsp3) is 0.400. The molecule has 16 heavy (non-hydrogen) atoms. The predicted molar refractivity (Wildman–Crippen MR) is 61.8 cm³/mol. The second kappa shape index (κ2) is 5.92. The van der Waals surface area contributed by atoms with E-state index >= 15 is 0 Å². The highest BCUT2D eigenvalue weighted by Crippen LogP contribution is 2.28. The first-order valence-electron chi connectivity index (χ1n) is 4.95. The number of nitrogens with one attached hydrogen (secondary N) is 1. The van der Waals surface area contributed by atoms with E-state index in [0.717, 1.165) is 6.42 Å². The van der Waals surface area contributed by atoms with Crippen LogP contribution in [-0.4, -0.2) is 25.1 Å². The molecular weight excluding hydrogens is 210 g/mol. The zero-order chi connectivity index (χ0) is 12.0. The standard InChI is InChI=1S/C10H15N3O3/c1-16-8-3-4-10(13(14)15)9(7-8)12-6-2-5-11/h3-4,7,12H,2,5-6,11H2,1H3. The summed E-state index contributed by atoms with van der Waals surface area (Å²) in [7, 11) is 1.52. The van der Waals surface area contributed by atoms with Gasteiger partial charge in [0.15, 0.2) is 0 Å². The third kappa shape index (κ3) is 3.09. The lowest BCUT2D eigenvalue weighted by atomic mass is 10.2. The number of methoxy groups -OCH3 is 1. The van der Waals surface area contributed by atoms with Crippen LogP contribution >= 0.6 is 0 Å². The molecule has 0 radical (unpaired) electrons. The van der Waals surface area contributed by atoms with Crippen LogP contribution in [0.5, 0.6) is 5.75 Å². The molecule has 1 rings (SSSR count). The van der Waals surface area contributed by atoms with Gasteiger partial charge in [0.25, 0.3) is 5.69 Å². The molecule has 0 saturated carbocycles. The zero-order valence-electron chi connectivity index (χ0n) is 9.10. The number of anilines is 1. The molecule has 0 atom stereocenters. The molecule has 0 saturated heterocycles. The highest BCUT2D eigenvalue weighted by molar-refractivity contribution is 5.64. The minimum absolute atomic E-state index is 0.0396. The first kappa shape index (κ1) is 12.3. The number of nitrogens with two attached hydrogens (primary N) is 1. The minimum Gasteiger partial charge on any atom is -0.497 e. The number of nitro groups is 1. The van der Waals surface area contributed by atoms with Gasteiger partial charge in [-0.25, -0.2) is 0 Å². The number of hydrogen-bond donors (Lipinski definition) is 2. The van der Waals surface area contributed by atoms with Crippen LogP contribution in [0.3, 0.4) is 0 Å². The zero-order valence-corrected chi connectivity index (χ0v) is 9.10. The lowest BCUT2D eigenvalue weighted by Gasteiger charge is -2.08. The third-order valence-electron chi connectivity index (χ3n) is 2.10. The van der Waals surface area contributed by atoms with Crippen molar-refractivity contribution < 1.29 is 9.66 Å². The summed E-state index contributed by atoms with van der Waals surface area (Å²) >= 11 is 0. The fourth-order valence-electron chi connectivity index (χ4n) is 1.27. The Balaban J connectivity index is 2.87. The van der Waals surface area contributed by atoms with Gasteiger partial charge in [0, 0.05) is 18.7 Å². The molecular formula is C10H15N3O3. The molecule has 0 heterocycles. The van der Waals surface area contributed by atoms with Crippen LogP contribution in [0.15, 0.2) is 18.2 Å². The van der Waals surface area contributed by atoms with Crippen molar-refractivity contribution >= 4 is 11.4 Å². The number of benzene rings is 1. The van der Waals surface area contributed by atoms with Crippen molar-refractivity contribution in [1.29, 1.82) is 0 Å². The maximum Gasteiger partial charge on any atom is 0.292 e. The van der Waals surface area contributed by atoms with E-state index in [0.29, 0.717) is 24.5 Å². The Labute approximate surface area is 93.5 Å². The SMILES string of the molecule is COc1ccc([N+](=O)[O-])c(NCCCN)c1. The summed E-state index contributed by atoms with van der Waals surface area (Å²) in [4.78, 5) is 10.3. The highest BCUT2D eigenvalue weighted by Gasteiger charge is 2.13. The Hall–Kier alpha value is -1.82. The highest BCUT2D eigenvalue weighted by atomic mass is 16.6. The van der Waals surface area contributed by atoms with Crippen molar-refractivity contribution in [1.82, 2.24) is 0 Å². The molecule has 3 N–H and O–H groups in total. The van der Waals surface area contributed by atoms with Gasteiger partial charge in [-0.1, -0.05) is 0 Å². The van der Waals surface area contributed by atoms with Crippen molar-refractivity contribution in [2.24, 2.45) is 5.73 Å². The summed E-state index contributed by atoms with van der Waals surface area (Å²) in [5.74, 6) is 0.584. The van der Waals surface area contributed by atoms with Crippen LogP contribution in [0, 0.1) is 10.1 Å². The van der Waals surface area contributed by atoms with Crippen LogP contribution in [0.4, 0.5) is 11.4 Å². The molecule has 0 bridgehead atoms. The lowest BCUT2D eigenvalue weighted by Crippen LogP contribution is -2.09. The molecule has 1 aromatic rings. The second-order valence-corrected chi connectivity index (χ2v) is 3.21. The number of ether oxygens (including phenoxy) is 1. The van der Waals surface area contributed by atoms with Crippen LogP contribution < -0.4 is 15.8 Å². The van der Waals surface area contributed by atoms with Gasteiger partial charge in [0.05, 0.1) is 12.0 Å². The van der Waals surface area contributed by atoms with Crippen LogP contribution in [0.1, 0.15) is 6.42 Å². The first-order chi connectivity index (χ1) is 7.69. The van der Waals surface area contributed by atoms with Crippen molar-refractivity contribution in [2.75, 3.05) is 25.5 Å². The van der Waals surface area contributed by atoms with E-state index in [-0.39, 0.29) is 5.69 Å². The molecule has 0 spiro atoms. The smallest absolute Gasteiger partial charge is 0.292 e. The van der Waals surface area contributed by atoms with Crippen molar-refractivity contribution in [3.05, 3.63) is 28.3 Å². The van der Waals surface area contributed by atoms with Crippen molar-refractivity contribution in [2.45, 2.75) is 6.42 Å². The lowest BCUT2D eigenvalue weighted by molar-refractivity contribution is -0.384. The summed E-state index contributed by atoms with van der Waals surface area (Å²) in [5, 5.41) is 13.7. The van der Waals surface area contributed by atoms with Crippen LogP contribution in [0.25, 0.3) is 0 Å². The topological polar surface area (TPSA) is 90.4 Å². The summed E-state index contributed by atoms with van der Waals surface area (Å²) < 4.78 is 5.01. The molecule has 0 aromatic heterocycles. The third-order valence-corrected chi connectivity index (χ3v) is 2.10. The van der Waals surface area contributed by atoms with E-state index in [2.05, 4.69) is 5.32 Å². The van der Waals surface area contributed by atoms with Gasteiger partial charge < -0.3 is 15.8 Å². The van der Waals surface area contributed by atoms with E-state index in [4.69, 9.17) is 10.5 Å². The van der Waals surface area contributed by atoms with Gasteiger partial charge in [0.1, 0.15) is 11.4 Å². The van der Waals surface area contributed by atoms with Crippen LogP contribution in [-0.2, 0) is 0 Å². The minimum atomic E-state index is -0.426. The van der Waals surface area contributed by atoms with Crippen molar-refractivity contribution in [3.63, 3.8) is 0 Å². The molecule has 0 amide bonds. The van der Waals surface area contributed by atoms with Gasteiger partial charge >= 0.3 is 0 Å². The fourth-order valence-corrected chi connectivity index (χ4v) is 1.27. The second-order valence-electron chi connectivity index (χ2n) is 3.21. The van der Waals surface area contributed by atoms with Crippen LogP contribution in [0.2, 0.25) is 0 Å². The summed E-state index contributed by atoms with van der Waals surface area (Å²) in [6.45, 7) is 1.15. The van der Waals surface area contributed by atoms with E-state index < -0.39 is 4.92 Å². The maximum absolute atomic E-state index is 10.8. The number of nitrogens with zero attached hydrogens (tertiary/aromatic N) is 1. The average molecular weight is 225 g/mol. The van der Waals surface area contributed by atoms with Crippen molar-refractivity contribution in [3.8, 4) is 5.75 Å². The van der Waals surface area contributed by atoms with Gasteiger partial charge in [-0.2, -0.15) is 0 Å². The Morgan fingerprint density at radius 3 is 2.88 bits per heavy atom. The number of rotatable bonds is 6. The molecule has 1 aromatic carbocycles. The molecule has 6 nitrogen and oxygen atoms in total. The largest absolute Gasteiger partial charge is 0.497 e. The average Bonchev–Trinajstić information content (AvgIpc) is 2.29. The molecule has 0 aliphatic rings. The first-order valence-corrected chi connectivity index (χ1v) is 4.95. The molecule has 0 fully saturated rings. The normalized spacial score (nSPS) is 9.88. The molecule has 0 aliphatic carbocycles. The Bertz CT molecular complexity index is 368.